The van der Waals surface area contributed by atoms with E-state index in [2.05, 4.69) is 5.18 Å². The van der Waals surface area contributed by atoms with E-state index in [9.17, 15) is 14.8 Å². The number of carbonyl (C=O) groups is 1. The maximum Gasteiger partial charge on any atom is 0.342 e. The number of aromatic hydroxyl groups is 1. The highest BCUT2D eigenvalue weighted by Crippen LogP contribution is 2.40. The lowest BCUT2D eigenvalue weighted by Gasteiger charge is -2.09. The van der Waals surface area contributed by atoms with Crippen LogP contribution in [0.25, 0.3) is 33.2 Å². The van der Waals surface area contributed by atoms with E-state index in [0.717, 1.165) is 5.56 Å². The van der Waals surface area contributed by atoms with Gasteiger partial charge in [0.05, 0.1) is 25.8 Å². The Hall–Kier alpha value is -4.79. The van der Waals surface area contributed by atoms with E-state index >= 15 is 0 Å². The predicted molar refractivity (Wildman–Crippen MR) is 143 cm³/mol. The Morgan fingerprint density at radius 2 is 1.79 bits per heavy atom. The highest BCUT2D eigenvalue weighted by molar-refractivity contribution is 6.09. The molecule has 0 atom stereocenters. The van der Waals surface area contributed by atoms with Gasteiger partial charge in [-0.25, -0.2) is 4.79 Å². The lowest BCUT2D eigenvalue weighted by molar-refractivity contribution is 0.0528. The molecule has 0 fully saturated rings. The van der Waals surface area contributed by atoms with Crippen LogP contribution in [0.3, 0.4) is 0 Å². The van der Waals surface area contributed by atoms with E-state index in [0.29, 0.717) is 64.3 Å². The fourth-order valence-electron chi connectivity index (χ4n) is 4.52. The van der Waals surface area contributed by atoms with Gasteiger partial charge in [0.25, 0.3) is 0 Å². The minimum atomic E-state index is -0.464. The van der Waals surface area contributed by atoms with Gasteiger partial charge in [0, 0.05) is 22.9 Å². The third kappa shape index (κ3) is 4.54. The number of ether oxygens (including phenoxy) is 3. The molecule has 9 nitrogen and oxygen atoms in total. The van der Waals surface area contributed by atoms with Crippen molar-refractivity contribution in [1.82, 2.24) is 4.57 Å². The monoisotopic (exact) mass is 514 g/mol. The molecule has 38 heavy (non-hydrogen) atoms. The molecule has 5 rings (SSSR count). The number of fused-ring (bicyclic) bond motifs is 2. The van der Waals surface area contributed by atoms with Gasteiger partial charge in [0.1, 0.15) is 28.4 Å². The smallest absolute Gasteiger partial charge is 0.342 e. The van der Waals surface area contributed by atoms with Crippen molar-refractivity contribution in [2.24, 2.45) is 5.18 Å². The first-order valence-corrected chi connectivity index (χ1v) is 12.2. The lowest BCUT2D eigenvalue weighted by atomic mass is 10.1. The van der Waals surface area contributed by atoms with Crippen LogP contribution in [0.4, 0.5) is 5.69 Å². The molecule has 0 spiro atoms. The average Bonchev–Trinajstić information content (AvgIpc) is 3.45. The Bertz CT molecular complexity index is 1620. The summed E-state index contributed by atoms with van der Waals surface area (Å²) in [6, 6.07) is 19.9. The normalized spacial score (nSPS) is 11.1. The molecule has 9 heteroatoms. The molecule has 0 amide bonds. The molecule has 0 radical (unpaired) electrons. The molecule has 0 saturated heterocycles. The quantitative estimate of drug-likeness (QED) is 0.124. The van der Waals surface area contributed by atoms with Gasteiger partial charge in [0.2, 0.25) is 5.88 Å². The van der Waals surface area contributed by atoms with Gasteiger partial charge in [-0.15, -0.1) is 4.91 Å². The molecule has 0 bridgehead atoms. The summed E-state index contributed by atoms with van der Waals surface area (Å²) in [6.45, 7) is 2.71. The Labute approximate surface area is 218 Å². The fourth-order valence-corrected chi connectivity index (χ4v) is 4.52. The number of methoxy groups -OCH3 is 1. The van der Waals surface area contributed by atoms with E-state index in [-0.39, 0.29) is 18.2 Å². The zero-order valence-corrected chi connectivity index (χ0v) is 21.0. The number of nitrogens with zero attached hydrogens (tertiary/aromatic N) is 2. The maximum absolute atomic E-state index is 12.9. The number of benzene rings is 3. The second-order valence-corrected chi connectivity index (χ2v) is 8.55. The molecule has 0 unspecified atom stereocenters. The standard InChI is InChI=1S/C29H26N2O7/c1-3-36-29(33)25-22-17-20(11-13-24(22)38-27(25)18-8-5-4-6-9-18)37-15-7-14-31-23-12-10-19(35-2)16-21(23)26(30-34)28(31)32/h4-6,8-13,16-17,32H,3,7,14-15H2,1-2H3. The number of rotatable bonds is 10. The first kappa shape index (κ1) is 24.9. The van der Waals surface area contributed by atoms with E-state index < -0.39 is 5.97 Å². The molecule has 5 aromatic rings. The van der Waals surface area contributed by atoms with Gasteiger partial charge in [-0.05, 0) is 54.9 Å². The first-order chi connectivity index (χ1) is 18.5. The molecule has 194 valence electrons. The van der Waals surface area contributed by atoms with Crippen molar-refractivity contribution in [3.05, 3.63) is 77.2 Å². The molecule has 1 N–H and O–H groups in total. The topological polar surface area (TPSA) is 112 Å². The molecule has 0 aliphatic carbocycles. The van der Waals surface area contributed by atoms with Crippen LogP contribution in [0.2, 0.25) is 0 Å². The number of aryl methyl sites for hydroxylation is 1. The number of carbonyl (C=O) groups excluding carboxylic acids is 1. The highest BCUT2D eigenvalue weighted by atomic mass is 16.5. The van der Waals surface area contributed by atoms with Crippen LogP contribution in [-0.2, 0) is 11.3 Å². The molecule has 2 heterocycles. The Balaban J connectivity index is 1.36. The third-order valence-electron chi connectivity index (χ3n) is 6.28. The lowest BCUT2D eigenvalue weighted by Crippen LogP contribution is -2.06. The van der Waals surface area contributed by atoms with Crippen LogP contribution in [0.5, 0.6) is 17.4 Å². The zero-order valence-electron chi connectivity index (χ0n) is 21.0. The summed E-state index contributed by atoms with van der Waals surface area (Å²) in [7, 11) is 1.53. The van der Waals surface area contributed by atoms with Gasteiger partial charge in [-0.1, -0.05) is 30.3 Å². The van der Waals surface area contributed by atoms with Crippen LogP contribution in [0.15, 0.2) is 76.3 Å². The van der Waals surface area contributed by atoms with Crippen molar-refractivity contribution in [2.75, 3.05) is 20.3 Å². The van der Waals surface area contributed by atoms with Gasteiger partial charge in [-0.3, -0.25) is 0 Å². The summed E-state index contributed by atoms with van der Waals surface area (Å²) in [5.74, 6) is 0.909. The Morgan fingerprint density at radius 1 is 1.03 bits per heavy atom. The van der Waals surface area contributed by atoms with Gasteiger partial charge < -0.3 is 28.3 Å². The molecular formula is C29H26N2O7. The minimum Gasteiger partial charge on any atom is -0.497 e. The van der Waals surface area contributed by atoms with Crippen molar-refractivity contribution in [2.45, 2.75) is 19.9 Å². The van der Waals surface area contributed by atoms with Crippen molar-refractivity contribution < 1.29 is 28.5 Å². The van der Waals surface area contributed by atoms with Crippen LogP contribution < -0.4 is 9.47 Å². The SMILES string of the molecule is CCOC(=O)c1c(-c2ccccc2)oc2ccc(OCCCn3c(O)c(N=O)c4cc(OC)ccc43)cc12. The number of aromatic nitrogens is 1. The van der Waals surface area contributed by atoms with Crippen LogP contribution in [0, 0.1) is 4.91 Å². The van der Waals surface area contributed by atoms with Gasteiger partial charge in [0.15, 0.2) is 5.69 Å². The summed E-state index contributed by atoms with van der Waals surface area (Å²) in [4.78, 5) is 24.2. The van der Waals surface area contributed by atoms with E-state index in [4.69, 9.17) is 18.6 Å². The summed E-state index contributed by atoms with van der Waals surface area (Å²) >= 11 is 0. The zero-order chi connectivity index (χ0) is 26.6. The number of esters is 1. The Morgan fingerprint density at radius 3 is 2.53 bits per heavy atom. The number of nitroso groups, excluding NO2 is 1. The number of hydrogen-bond acceptors (Lipinski definition) is 8. The average molecular weight is 515 g/mol. The summed E-state index contributed by atoms with van der Waals surface area (Å²) < 4.78 is 24.2. The Kier molecular flexibility index (Phi) is 6.99. The predicted octanol–water partition coefficient (Wildman–Crippen LogP) is 6.81. The second kappa shape index (κ2) is 10.7. The maximum atomic E-state index is 12.9. The molecular weight excluding hydrogens is 488 g/mol. The molecule has 0 aliphatic rings. The second-order valence-electron chi connectivity index (χ2n) is 8.55. The largest absolute Gasteiger partial charge is 0.497 e. The van der Waals surface area contributed by atoms with Crippen LogP contribution in [0.1, 0.15) is 23.7 Å². The van der Waals surface area contributed by atoms with Gasteiger partial charge >= 0.3 is 5.97 Å². The van der Waals surface area contributed by atoms with Crippen molar-refractivity contribution >= 4 is 33.5 Å². The fraction of sp³-hybridized carbons (Fsp3) is 0.207. The van der Waals surface area contributed by atoms with Crippen LogP contribution in [-0.4, -0.2) is 36.0 Å². The van der Waals surface area contributed by atoms with Crippen molar-refractivity contribution in [3.63, 3.8) is 0 Å². The van der Waals surface area contributed by atoms with Crippen LogP contribution >= 0.6 is 0 Å². The summed E-state index contributed by atoms with van der Waals surface area (Å²) in [5, 5.41) is 14.7. The molecule has 2 aromatic heterocycles. The first-order valence-electron chi connectivity index (χ1n) is 12.2. The number of hydrogen-bond donors (Lipinski definition) is 1. The number of furan rings is 1. The van der Waals surface area contributed by atoms with E-state index in [1.807, 2.05) is 30.3 Å². The van der Waals surface area contributed by atoms with Gasteiger partial charge in [-0.2, -0.15) is 0 Å². The van der Waals surface area contributed by atoms with Crippen molar-refractivity contribution in [1.29, 1.82) is 0 Å². The third-order valence-corrected chi connectivity index (χ3v) is 6.28. The van der Waals surface area contributed by atoms with E-state index in [1.165, 1.54) is 7.11 Å². The molecule has 3 aromatic carbocycles. The minimum absolute atomic E-state index is 0.0223. The molecule has 0 saturated carbocycles. The summed E-state index contributed by atoms with van der Waals surface area (Å²) in [6.07, 6.45) is 0.533. The molecule has 0 aliphatic heterocycles. The van der Waals surface area contributed by atoms with E-state index in [1.54, 1.807) is 47.9 Å². The summed E-state index contributed by atoms with van der Waals surface area (Å²) in [5.41, 5.74) is 2.32. The van der Waals surface area contributed by atoms with Crippen molar-refractivity contribution in [3.8, 4) is 28.7 Å². The highest BCUT2D eigenvalue weighted by Gasteiger charge is 2.24.